The molecule has 1 fully saturated rings. The highest BCUT2D eigenvalue weighted by Gasteiger charge is 2.37. The number of hydrogen-bond donors (Lipinski definition) is 1. The van der Waals surface area contributed by atoms with Gasteiger partial charge in [-0.1, -0.05) is 13.8 Å². The standard InChI is InChI=1S/C19H18N4O3/c1-3-12-9-15(7-5-13(12)10-20)26-17-8-6-14(11-21-17)23-18(24)16(4-2)22-19(23)25/h5-9,11,16H,3-4H2,1-2H3,(H,22,25)/t16-/m1/s1. The van der Waals surface area contributed by atoms with Gasteiger partial charge in [0.05, 0.1) is 23.5 Å². The number of nitrogens with zero attached hydrogens (tertiary/aromatic N) is 3. The van der Waals surface area contributed by atoms with Gasteiger partial charge >= 0.3 is 6.03 Å². The van der Waals surface area contributed by atoms with Crippen molar-refractivity contribution in [1.29, 1.82) is 5.26 Å². The van der Waals surface area contributed by atoms with Gasteiger partial charge < -0.3 is 10.1 Å². The van der Waals surface area contributed by atoms with Crippen LogP contribution in [0.4, 0.5) is 10.5 Å². The highest BCUT2D eigenvalue weighted by Crippen LogP contribution is 2.26. The number of pyridine rings is 1. The number of ether oxygens (including phenoxy) is 1. The van der Waals surface area contributed by atoms with Crippen LogP contribution in [-0.2, 0) is 11.2 Å². The fraction of sp³-hybridized carbons (Fsp3) is 0.263. The van der Waals surface area contributed by atoms with E-state index in [0.717, 1.165) is 16.9 Å². The second-order valence-corrected chi connectivity index (χ2v) is 5.82. The topological polar surface area (TPSA) is 95.3 Å². The number of urea groups is 1. The molecule has 7 nitrogen and oxygen atoms in total. The van der Waals surface area contributed by atoms with Gasteiger partial charge in [0.1, 0.15) is 11.8 Å². The van der Waals surface area contributed by atoms with Crippen molar-refractivity contribution in [2.75, 3.05) is 4.90 Å². The Hall–Kier alpha value is -3.40. The van der Waals surface area contributed by atoms with E-state index in [-0.39, 0.29) is 5.91 Å². The lowest BCUT2D eigenvalue weighted by molar-refractivity contribution is -0.118. The molecule has 1 aromatic carbocycles. The van der Waals surface area contributed by atoms with E-state index in [1.54, 1.807) is 30.3 Å². The number of carbonyl (C=O) groups is 2. The minimum atomic E-state index is -0.496. The van der Waals surface area contributed by atoms with Crippen LogP contribution in [0.3, 0.4) is 0 Å². The van der Waals surface area contributed by atoms with Gasteiger partial charge in [-0.25, -0.2) is 14.7 Å². The molecule has 1 aliphatic heterocycles. The largest absolute Gasteiger partial charge is 0.439 e. The number of benzene rings is 1. The zero-order chi connectivity index (χ0) is 18.7. The Morgan fingerprint density at radius 1 is 1.27 bits per heavy atom. The van der Waals surface area contributed by atoms with E-state index in [0.29, 0.717) is 29.3 Å². The Balaban J connectivity index is 1.78. The number of aromatic nitrogens is 1. The lowest BCUT2D eigenvalue weighted by Gasteiger charge is -2.13. The maximum atomic E-state index is 12.2. The third-order valence-electron chi connectivity index (χ3n) is 4.21. The number of hydrogen-bond acceptors (Lipinski definition) is 5. The first-order valence-electron chi connectivity index (χ1n) is 8.38. The van der Waals surface area contributed by atoms with Crippen LogP contribution in [0, 0.1) is 11.3 Å². The van der Waals surface area contributed by atoms with Crippen LogP contribution in [0.2, 0.25) is 0 Å². The first kappa shape index (κ1) is 17.4. The molecule has 3 rings (SSSR count). The van der Waals surface area contributed by atoms with Crippen molar-refractivity contribution in [3.8, 4) is 17.7 Å². The van der Waals surface area contributed by atoms with Gasteiger partial charge in [-0.05, 0) is 42.7 Å². The van der Waals surface area contributed by atoms with Crippen LogP contribution in [0.5, 0.6) is 11.6 Å². The average molecular weight is 350 g/mol. The number of aryl methyl sites for hydroxylation is 1. The third-order valence-corrected chi connectivity index (χ3v) is 4.21. The van der Waals surface area contributed by atoms with Crippen molar-refractivity contribution >= 4 is 17.6 Å². The number of rotatable bonds is 5. The van der Waals surface area contributed by atoms with Crippen LogP contribution in [0.25, 0.3) is 0 Å². The van der Waals surface area contributed by atoms with E-state index in [4.69, 9.17) is 10.00 Å². The number of nitriles is 1. The number of amides is 3. The van der Waals surface area contributed by atoms with E-state index >= 15 is 0 Å². The monoisotopic (exact) mass is 350 g/mol. The summed E-state index contributed by atoms with van der Waals surface area (Å²) in [5.74, 6) is 0.620. The molecule has 0 radical (unpaired) electrons. The van der Waals surface area contributed by atoms with Crippen LogP contribution < -0.4 is 15.0 Å². The molecule has 0 aliphatic carbocycles. The molecule has 2 aromatic rings. The quantitative estimate of drug-likeness (QED) is 0.836. The van der Waals surface area contributed by atoms with E-state index in [1.807, 2.05) is 13.8 Å². The van der Waals surface area contributed by atoms with Crippen molar-refractivity contribution in [2.45, 2.75) is 32.7 Å². The highest BCUT2D eigenvalue weighted by atomic mass is 16.5. The number of carbonyl (C=O) groups excluding carboxylic acids is 2. The number of nitrogens with one attached hydrogen (secondary N) is 1. The number of anilines is 1. The number of imide groups is 1. The molecule has 26 heavy (non-hydrogen) atoms. The van der Waals surface area contributed by atoms with Gasteiger partial charge in [0.2, 0.25) is 5.88 Å². The van der Waals surface area contributed by atoms with Crippen molar-refractivity contribution in [1.82, 2.24) is 10.3 Å². The Labute approximate surface area is 151 Å². The molecule has 132 valence electrons. The molecule has 0 saturated carbocycles. The molecule has 1 aromatic heterocycles. The summed E-state index contributed by atoms with van der Waals surface area (Å²) in [6, 6.07) is 9.63. The van der Waals surface area contributed by atoms with Gasteiger partial charge in [0.15, 0.2) is 0 Å². The lowest BCUT2D eigenvalue weighted by atomic mass is 10.1. The molecule has 1 aliphatic rings. The Kier molecular flexibility index (Phi) is 4.85. The zero-order valence-electron chi connectivity index (χ0n) is 14.5. The molecular weight excluding hydrogens is 332 g/mol. The van der Waals surface area contributed by atoms with Crippen LogP contribution in [0.1, 0.15) is 31.4 Å². The summed E-state index contributed by atoms with van der Waals surface area (Å²) in [5, 5.41) is 11.7. The molecule has 0 unspecified atom stereocenters. The summed E-state index contributed by atoms with van der Waals surface area (Å²) in [6.45, 7) is 3.80. The second-order valence-electron chi connectivity index (χ2n) is 5.82. The highest BCUT2D eigenvalue weighted by molar-refractivity contribution is 6.21. The molecule has 1 saturated heterocycles. The molecule has 0 spiro atoms. The predicted molar refractivity (Wildman–Crippen MR) is 94.9 cm³/mol. The van der Waals surface area contributed by atoms with Crippen LogP contribution in [-0.4, -0.2) is 23.0 Å². The summed E-state index contributed by atoms with van der Waals surface area (Å²) in [6.07, 6.45) is 2.68. The van der Waals surface area contributed by atoms with Crippen LogP contribution in [0.15, 0.2) is 36.5 Å². The SMILES string of the molecule is CCc1cc(Oc2ccc(N3C(=O)N[C@H](CC)C3=O)cn2)ccc1C#N. The summed E-state index contributed by atoms with van der Waals surface area (Å²) in [5.41, 5.74) is 1.91. The Morgan fingerprint density at radius 3 is 2.65 bits per heavy atom. The minimum Gasteiger partial charge on any atom is -0.439 e. The second kappa shape index (κ2) is 7.23. The summed E-state index contributed by atoms with van der Waals surface area (Å²) >= 11 is 0. The van der Waals surface area contributed by atoms with Gasteiger partial charge in [0, 0.05) is 6.07 Å². The smallest absolute Gasteiger partial charge is 0.329 e. The predicted octanol–water partition coefficient (Wildman–Crippen LogP) is 3.14. The van der Waals surface area contributed by atoms with E-state index in [1.165, 1.54) is 6.20 Å². The van der Waals surface area contributed by atoms with E-state index in [9.17, 15) is 9.59 Å². The first-order chi connectivity index (χ1) is 12.6. The normalized spacial score (nSPS) is 16.3. The molecule has 1 atom stereocenters. The maximum absolute atomic E-state index is 12.2. The van der Waals surface area contributed by atoms with Gasteiger partial charge in [-0.2, -0.15) is 5.26 Å². The minimum absolute atomic E-state index is 0.285. The average Bonchev–Trinajstić information content (AvgIpc) is 2.96. The molecule has 2 heterocycles. The maximum Gasteiger partial charge on any atom is 0.329 e. The van der Waals surface area contributed by atoms with Gasteiger partial charge in [0.25, 0.3) is 5.91 Å². The van der Waals surface area contributed by atoms with E-state index in [2.05, 4.69) is 16.4 Å². The van der Waals surface area contributed by atoms with Crippen molar-refractivity contribution in [2.24, 2.45) is 0 Å². The molecule has 0 bridgehead atoms. The first-order valence-corrected chi connectivity index (χ1v) is 8.38. The molecule has 1 N–H and O–H groups in total. The summed E-state index contributed by atoms with van der Waals surface area (Å²) in [4.78, 5) is 29.4. The fourth-order valence-corrected chi connectivity index (χ4v) is 2.77. The lowest BCUT2D eigenvalue weighted by Crippen LogP contribution is -2.31. The zero-order valence-corrected chi connectivity index (χ0v) is 14.5. The van der Waals surface area contributed by atoms with E-state index < -0.39 is 12.1 Å². The van der Waals surface area contributed by atoms with Gasteiger partial charge in [-0.3, -0.25) is 4.79 Å². The van der Waals surface area contributed by atoms with Crippen molar-refractivity contribution in [3.63, 3.8) is 0 Å². The molecule has 7 heteroatoms. The van der Waals surface area contributed by atoms with Crippen molar-refractivity contribution in [3.05, 3.63) is 47.7 Å². The third kappa shape index (κ3) is 3.22. The van der Waals surface area contributed by atoms with Gasteiger partial charge in [-0.15, -0.1) is 0 Å². The summed E-state index contributed by atoms with van der Waals surface area (Å²) in [7, 11) is 0. The Bertz CT molecular complexity index is 887. The molecule has 3 amide bonds. The Morgan fingerprint density at radius 2 is 2.08 bits per heavy atom. The summed E-state index contributed by atoms with van der Waals surface area (Å²) < 4.78 is 5.71. The van der Waals surface area contributed by atoms with Crippen LogP contribution >= 0.6 is 0 Å². The van der Waals surface area contributed by atoms with Crippen molar-refractivity contribution < 1.29 is 14.3 Å². The fourth-order valence-electron chi connectivity index (χ4n) is 2.77. The molecular formula is C19H18N4O3.